The molecule has 0 unspecified atom stereocenters. The summed E-state index contributed by atoms with van der Waals surface area (Å²) in [5.74, 6) is -0.250. The lowest BCUT2D eigenvalue weighted by Crippen LogP contribution is -3.13. The van der Waals surface area contributed by atoms with Gasteiger partial charge in [0.1, 0.15) is 18.5 Å². The first-order valence-electron chi connectivity index (χ1n) is 7.58. The monoisotopic (exact) mass is 282 g/mol. The van der Waals surface area contributed by atoms with Crippen LogP contribution in [0.4, 0.5) is 4.39 Å². The number of hydrogen-bond acceptors (Lipinski definition) is 2. The van der Waals surface area contributed by atoms with Gasteiger partial charge in [-0.1, -0.05) is 18.2 Å². The van der Waals surface area contributed by atoms with E-state index in [1.54, 1.807) is 18.2 Å². The van der Waals surface area contributed by atoms with Crippen LogP contribution >= 0.6 is 0 Å². The number of aliphatic hydroxyl groups excluding tert-OH is 1. The molecule has 0 saturated carbocycles. The molecule has 0 spiro atoms. The molecule has 1 fully saturated rings. The van der Waals surface area contributed by atoms with Crippen molar-refractivity contribution in [2.45, 2.75) is 38.4 Å². The van der Waals surface area contributed by atoms with E-state index in [0.717, 1.165) is 19.6 Å². The van der Waals surface area contributed by atoms with Crippen molar-refractivity contribution in [1.29, 1.82) is 0 Å². The SMILES string of the molecule is O[C@@H](COCc1ccccc1F)C[NH+]1CCCCCC1. The number of ether oxygens (including phenoxy) is 1. The van der Waals surface area contributed by atoms with Crippen LogP contribution in [0.2, 0.25) is 0 Å². The zero-order valence-electron chi connectivity index (χ0n) is 12.0. The molecule has 0 bridgehead atoms. The molecule has 1 aromatic carbocycles. The number of benzene rings is 1. The Morgan fingerprint density at radius 1 is 1.15 bits per heavy atom. The highest BCUT2D eigenvalue weighted by Crippen LogP contribution is 2.07. The van der Waals surface area contributed by atoms with Crippen molar-refractivity contribution in [3.8, 4) is 0 Å². The number of hydrogen-bond donors (Lipinski definition) is 2. The summed E-state index contributed by atoms with van der Waals surface area (Å²) in [7, 11) is 0. The lowest BCUT2D eigenvalue weighted by atomic mass is 10.2. The molecule has 0 aliphatic carbocycles. The Hall–Kier alpha value is -0.970. The Morgan fingerprint density at radius 3 is 2.55 bits per heavy atom. The first-order valence-corrected chi connectivity index (χ1v) is 7.58. The lowest BCUT2D eigenvalue weighted by Gasteiger charge is -2.20. The minimum Gasteiger partial charge on any atom is -0.385 e. The molecule has 0 radical (unpaired) electrons. The zero-order chi connectivity index (χ0) is 14.2. The predicted octanol–water partition coefficient (Wildman–Crippen LogP) is 1.16. The number of rotatable bonds is 6. The summed E-state index contributed by atoms with van der Waals surface area (Å²) in [6, 6.07) is 6.59. The van der Waals surface area contributed by atoms with Crippen LogP contribution in [-0.4, -0.2) is 37.5 Å². The fourth-order valence-electron chi connectivity index (χ4n) is 2.75. The molecule has 3 nitrogen and oxygen atoms in total. The van der Waals surface area contributed by atoms with Crippen molar-refractivity contribution in [2.24, 2.45) is 0 Å². The average Bonchev–Trinajstić information content (AvgIpc) is 2.69. The third-order valence-corrected chi connectivity index (χ3v) is 3.86. The van der Waals surface area contributed by atoms with Gasteiger partial charge in [0, 0.05) is 5.56 Å². The largest absolute Gasteiger partial charge is 0.385 e. The maximum absolute atomic E-state index is 13.4. The van der Waals surface area contributed by atoms with Gasteiger partial charge < -0.3 is 14.7 Å². The summed E-state index contributed by atoms with van der Waals surface area (Å²) >= 11 is 0. The highest BCUT2D eigenvalue weighted by molar-refractivity contribution is 5.16. The Morgan fingerprint density at radius 2 is 1.85 bits per heavy atom. The van der Waals surface area contributed by atoms with E-state index in [4.69, 9.17) is 4.74 Å². The van der Waals surface area contributed by atoms with Crippen LogP contribution in [0.25, 0.3) is 0 Å². The van der Waals surface area contributed by atoms with Crippen molar-refractivity contribution in [3.63, 3.8) is 0 Å². The molecule has 0 aromatic heterocycles. The first-order chi connectivity index (χ1) is 9.75. The van der Waals surface area contributed by atoms with Crippen LogP contribution in [0.1, 0.15) is 31.2 Å². The van der Waals surface area contributed by atoms with E-state index in [9.17, 15) is 9.50 Å². The second kappa shape index (κ2) is 8.35. The fourth-order valence-corrected chi connectivity index (χ4v) is 2.75. The number of halogens is 1. The lowest BCUT2D eigenvalue weighted by molar-refractivity contribution is -0.902. The topological polar surface area (TPSA) is 33.9 Å². The predicted molar refractivity (Wildman–Crippen MR) is 76.1 cm³/mol. The molecular weight excluding hydrogens is 257 g/mol. The molecule has 1 atom stereocenters. The second-order valence-corrected chi connectivity index (χ2v) is 5.63. The standard InChI is InChI=1S/C16H24FNO2/c17-16-8-4-3-7-14(16)12-20-13-15(19)11-18-9-5-1-2-6-10-18/h3-4,7-8,15,19H,1-2,5-6,9-13H2/p+1/t15-/m1/s1. The van der Waals surface area contributed by atoms with Gasteiger partial charge in [-0.15, -0.1) is 0 Å². The molecule has 1 aliphatic heterocycles. The van der Waals surface area contributed by atoms with Gasteiger partial charge in [0.15, 0.2) is 0 Å². The summed E-state index contributed by atoms with van der Waals surface area (Å²) in [4.78, 5) is 1.46. The smallest absolute Gasteiger partial charge is 0.128 e. The van der Waals surface area contributed by atoms with E-state index in [2.05, 4.69) is 0 Å². The van der Waals surface area contributed by atoms with Crippen molar-refractivity contribution >= 4 is 0 Å². The molecule has 112 valence electrons. The molecule has 2 rings (SSSR count). The van der Waals surface area contributed by atoms with Gasteiger partial charge in [0.05, 0.1) is 26.3 Å². The Balaban J connectivity index is 1.67. The van der Waals surface area contributed by atoms with Gasteiger partial charge in [0.25, 0.3) is 0 Å². The van der Waals surface area contributed by atoms with Crippen LogP contribution in [0.15, 0.2) is 24.3 Å². The maximum atomic E-state index is 13.4. The van der Waals surface area contributed by atoms with E-state index in [1.807, 2.05) is 0 Å². The van der Waals surface area contributed by atoms with Gasteiger partial charge in [-0.05, 0) is 31.7 Å². The maximum Gasteiger partial charge on any atom is 0.128 e. The third kappa shape index (κ3) is 5.19. The fraction of sp³-hybridized carbons (Fsp3) is 0.625. The van der Waals surface area contributed by atoms with Gasteiger partial charge in [-0.25, -0.2) is 4.39 Å². The number of likely N-dealkylation sites (tertiary alicyclic amines) is 1. The van der Waals surface area contributed by atoms with Crippen LogP contribution in [0.3, 0.4) is 0 Å². The molecule has 0 amide bonds. The summed E-state index contributed by atoms with van der Waals surface area (Å²) < 4.78 is 18.8. The summed E-state index contributed by atoms with van der Waals surface area (Å²) in [5, 5.41) is 10.0. The van der Waals surface area contributed by atoms with Gasteiger partial charge >= 0.3 is 0 Å². The molecular formula is C16H25FNO2+. The van der Waals surface area contributed by atoms with Gasteiger partial charge in [-0.2, -0.15) is 0 Å². The Kier molecular flexibility index (Phi) is 6.43. The summed E-state index contributed by atoms with van der Waals surface area (Å²) in [6.07, 6.45) is 4.65. The molecule has 2 N–H and O–H groups in total. The minimum atomic E-state index is -0.463. The highest BCUT2D eigenvalue weighted by Gasteiger charge is 2.17. The molecule has 1 heterocycles. The zero-order valence-corrected chi connectivity index (χ0v) is 12.0. The number of nitrogens with one attached hydrogen (secondary N) is 1. The Bertz CT molecular complexity index is 392. The summed E-state index contributed by atoms with van der Waals surface area (Å²) in [5.41, 5.74) is 0.543. The molecule has 1 saturated heterocycles. The molecule has 20 heavy (non-hydrogen) atoms. The van der Waals surface area contributed by atoms with Crippen LogP contribution in [-0.2, 0) is 11.3 Å². The van der Waals surface area contributed by atoms with E-state index in [-0.39, 0.29) is 19.0 Å². The van der Waals surface area contributed by atoms with Crippen LogP contribution in [0, 0.1) is 5.82 Å². The number of quaternary nitrogens is 1. The van der Waals surface area contributed by atoms with E-state index in [0.29, 0.717) is 5.56 Å². The average molecular weight is 282 g/mol. The van der Waals surface area contributed by atoms with Gasteiger partial charge in [0.2, 0.25) is 0 Å². The first kappa shape index (κ1) is 15.4. The van der Waals surface area contributed by atoms with E-state index in [1.165, 1.54) is 36.6 Å². The third-order valence-electron chi connectivity index (χ3n) is 3.86. The quantitative estimate of drug-likeness (QED) is 0.821. The molecule has 4 heteroatoms. The number of aliphatic hydroxyl groups is 1. The molecule has 1 aromatic rings. The van der Waals surface area contributed by atoms with E-state index >= 15 is 0 Å². The minimum absolute atomic E-state index is 0.221. The van der Waals surface area contributed by atoms with E-state index < -0.39 is 6.10 Å². The van der Waals surface area contributed by atoms with Crippen LogP contribution in [0.5, 0.6) is 0 Å². The van der Waals surface area contributed by atoms with Crippen molar-refractivity contribution in [3.05, 3.63) is 35.6 Å². The Labute approximate surface area is 120 Å². The summed E-state index contributed by atoms with van der Waals surface area (Å²) in [6.45, 7) is 3.52. The van der Waals surface area contributed by atoms with Crippen LogP contribution < -0.4 is 4.90 Å². The van der Waals surface area contributed by atoms with Crippen molar-refractivity contribution in [1.82, 2.24) is 0 Å². The normalized spacial score (nSPS) is 18.7. The van der Waals surface area contributed by atoms with Crippen molar-refractivity contribution in [2.75, 3.05) is 26.2 Å². The molecule has 1 aliphatic rings. The highest BCUT2D eigenvalue weighted by atomic mass is 19.1. The second-order valence-electron chi connectivity index (χ2n) is 5.63. The van der Waals surface area contributed by atoms with Gasteiger partial charge in [-0.3, -0.25) is 0 Å². The van der Waals surface area contributed by atoms with Crippen molar-refractivity contribution < 1.29 is 19.1 Å².